The fraction of sp³-hybridized carbons (Fsp3) is 0.643. The molecule has 21 heavy (non-hydrogen) atoms. The number of hydrogen-bond donors (Lipinski definition) is 4. The van der Waals surface area contributed by atoms with Crippen LogP contribution in [0.5, 0.6) is 0 Å². The smallest absolute Gasteiger partial charge is 0.326 e. The second-order valence-electron chi connectivity index (χ2n) is 5.53. The summed E-state index contributed by atoms with van der Waals surface area (Å²) in [7, 11) is 0. The van der Waals surface area contributed by atoms with Crippen molar-refractivity contribution < 1.29 is 14.7 Å². The van der Waals surface area contributed by atoms with E-state index in [9.17, 15) is 14.7 Å². The summed E-state index contributed by atoms with van der Waals surface area (Å²) in [5.41, 5.74) is 0. The standard InChI is InChI=1S/C14H22N4O3/c1-9(12-15-7-8-16-12)17-14(21)18-11(13(19)20)10-5-3-2-4-6-10/h7-11H,2-6H2,1H3,(H,15,16)(H,19,20)(H2,17,18,21). The van der Waals surface area contributed by atoms with Gasteiger partial charge in [0.1, 0.15) is 11.9 Å². The number of amides is 2. The Balaban J connectivity index is 1.90. The van der Waals surface area contributed by atoms with Crippen molar-refractivity contribution in [2.45, 2.75) is 51.1 Å². The average Bonchev–Trinajstić information content (AvgIpc) is 2.99. The van der Waals surface area contributed by atoms with Crippen molar-refractivity contribution in [2.75, 3.05) is 0 Å². The van der Waals surface area contributed by atoms with Crippen molar-refractivity contribution in [1.82, 2.24) is 20.6 Å². The predicted molar refractivity (Wildman–Crippen MR) is 76.7 cm³/mol. The minimum absolute atomic E-state index is 0.0147. The van der Waals surface area contributed by atoms with Crippen LogP contribution in [0.4, 0.5) is 4.79 Å². The molecule has 1 aromatic rings. The van der Waals surface area contributed by atoms with Crippen molar-refractivity contribution in [2.24, 2.45) is 5.92 Å². The minimum atomic E-state index is -0.970. The summed E-state index contributed by atoms with van der Waals surface area (Å²) in [5.74, 6) is -0.321. The number of carbonyl (C=O) groups is 2. The highest BCUT2D eigenvalue weighted by molar-refractivity contribution is 5.82. The number of urea groups is 1. The molecular formula is C14H22N4O3. The monoisotopic (exact) mass is 294 g/mol. The number of imidazole rings is 1. The van der Waals surface area contributed by atoms with Crippen molar-refractivity contribution in [3.8, 4) is 0 Å². The zero-order valence-electron chi connectivity index (χ0n) is 12.1. The van der Waals surface area contributed by atoms with Gasteiger partial charge in [-0.25, -0.2) is 14.6 Å². The first-order chi connectivity index (χ1) is 10.1. The number of carbonyl (C=O) groups excluding carboxylic acids is 1. The van der Waals surface area contributed by atoms with E-state index < -0.39 is 18.0 Å². The fourth-order valence-electron chi connectivity index (χ4n) is 2.81. The molecule has 0 saturated heterocycles. The van der Waals surface area contributed by atoms with Gasteiger partial charge in [-0.3, -0.25) is 0 Å². The lowest BCUT2D eigenvalue weighted by Crippen LogP contribution is -2.50. The number of carboxylic acid groups (broad SMARTS) is 1. The molecule has 1 saturated carbocycles. The van der Waals surface area contributed by atoms with Gasteiger partial charge in [-0.05, 0) is 25.7 Å². The Bertz CT molecular complexity index is 469. The highest BCUT2D eigenvalue weighted by Gasteiger charge is 2.31. The van der Waals surface area contributed by atoms with Gasteiger partial charge in [0.05, 0.1) is 6.04 Å². The highest BCUT2D eigenvalue weighted by Crippen LogP contribution is 2.26. The van der Waals surface area contributed by atoms with Crippen LogP contribution in [-0.2, 0) is 4.79 Å². The Morgan fingerprint density at radius 1 is 1.33 bits per heavy atom. The molecule has 2 atom stereocenters. The number of nitrogens with one attached hydrogen (secondary N) is 3. The molecule has 1 aliphatic rings. The Morgan fingerprint density at radius 2 is 2.05 bits per heavy atom. The van der Waals surface area contributed by atoms with E-state index >= 15 is 0 Å². The predicted octanol–water partition coefficient (Wildman–Crippen LogP) is 1.80. The van der Waals surface area contributed by atoms with Gasteiger partial charge < -0.3 is 20.7 Å². The number of aromatic nitrogens is 2. The van der Waals surface area contributed by atoms with E-state index in [-0.39, 0.29) is 12.0 Å². The number of nitrogens with zero attached hydrogens (tertiary/aromatic N) is 1. The molecule has 116 valence electrons. The topological polar surface area (TPSA) is 107 Å². The molecule has 0 spiro atoms. The van der Waals surface area contributed by atoms with Gasteiger partial charge in [0.25, 0.3) is 0 Å². The molecule has 0 aromatic carbocycles. The van der Waals surface area contributed by atoms with E-state index in [1.807, 2.05) is 0 Å². The number of rotatable bonds is 5. The molecule has 7 nitrogen and oxygen atoms in total. The Labute approximate surface area is 123 Å². The number of hydrogen-bond acceptors (Lipinski definition) is 3. The van der Waals surface area contributed by atoms with Crippen LogP contribution >= 0.6 is 0 Å². The maximum absolute atomic E-state index is 12.0. The lowest BCUT2D eigenvalue weighted by Gasteiger charge is -2.28. The van der Waals surface area contributed by atoms with Crippen LogP contribution in [0.15, 0.2) is 12.4 Å². The lowest BCUT2D eigenvalue weighted by atomic mass is 9.84. The van der Waals surface area contributed by atoms with E-state index in [0.717, 1.165) is 32.1 Å². The van der Waals surface area contributed by atoms with Crippen LogP contribution in [0, 0.1) is 5.92 Å². The number of carboxylic acids is 1. The summed E-state index contributed by atoms with van der Waals surface area (Å²) in [4.78, 5) is 30.3. The molecule has 0 bridgehead atoms. The average molecular weight is 294 g/mol. The van der Waals surface area contributed by atoms with Crippen LogP contribution in [0.1, 0.15) is 50.9 Å². The van der Waals surface area contributed by atoms with Crippen molar-refractivity contribution in [3.63, 3.8) is 0 Å². The molecular weight excluding hydrogens is 272 g/mol. The molecule has 2 rings (SSSR count). The van der Waals surface area contributed by atoms with Gasteiger partial charge in [-0.2, -0.15) is 0 Å². The Hall–Kier alpha value is -2.05. The molecule has 1 aliphatic carbocycles. The quantitative estimate of drug-likeness (QED) is 0.664. The molecule has 7 heteroatoms. The molecule has 0 aliphatic heterocycles. The summed E-state index contributed by atoms with van der Waals surface area (Å²) in [6.45, 7) is 1.79. The SMILES string of the molecule is CC(NC(=O)NC(C(=O)O)C1CCCCC1)c1ncc[nH]1. The van der Waals surface area contributed by atoms with Crippen molar-refractivity contribution in [1.29, 1.82) is 0 Å². The molecule has 4 N–H and O–H groups in total. The molecule has 1 heterocycles. The third-order valence-electron chi connectivity index (χ3n) is 3.95. The van der Waals surface area contributed by atoms with Crippen LogP contribution in [0.2, 0.25) is 0 Å². The van der Waals surface area contributed by atoms with Gasteiger partial charge in [-0.15, -0.1) is 0 Å². The summed E-state index contributed by atoms with van der Waals surface area (Å²) in [5, 5.41) is 14.6. The first-order valence-corrected chi connectivity index (χ1v) is 7.37. The van der Waals surface area contributed by atoms with Crippen LogP contribution < -0.4 is 10.6 Å². The maximum atomic E-state index is 12.0. The summed E-state index contributed by atoms with van der Waals surface area (Å²) in [6.07, 6.45) is 8.18. The second-order valence-corrected chi connectivity index (χ2v) is 5.53. The number of aliphatic carboxylic acids is 1. The summed E-state index contributed by atoms with van der Waals surface area (Å²) < 4.78 is 0. The zero-order valence-corrected chi connectivity index (χ0v) is 12.1. The Kier molecular flexibility index (Phi) is 5.19. The molecule has 1 fully saturated rings. The van der Waals surface area contributed by atoms with Gasteiger partial charge >= 0.3 is 12.0 Å². The highest BCUT2D eigenvalue weighted by atomic mass is 16.4. The first-order valence-electron chi connectivity index (χ1n) is 7.37. The van der Waals surface area contributed by atoms with Gasteiger partial charge in [-0.1, -0.05) is 19.3 Å². The largest absolute Gasteiger partial charge is 0.480 e. The third-order valence-corrected chi connectivity index (χ3v) is 3.95. The second kappa shape index (κ2) is 7.10. The van der Waals surface area contributed by atoms with Gasteiger partial charge in [0.15, 0.2) is 0 Å². The molecule has 2 unspecified atom stereocenters. The van der Waals surface area contributed by atoms with E-state index in [1.165, 1.54) is 0 Å². The Morgan fingerprint density at radius 3 is 2.62 bits per heavy atom. The van der Waals surface area contributed by atoms with Crippen LogP contribution in [0.25, 0.3) is 0 Å². The summed E-state index contributed by atoms with van der Waals surface area (Å²) >= 11 is 0. The number of aromatic amines is 1. The van der Waals surface area contributed by atoms with Crippen molar-refractivity contribution >= 4 is 12.0 Å². The normalized spacial score (nSPS) is 18.7. The summed E-state index contributed by atoms with van der Waals surface area (Å²) in [6, 6.07) is -1.60. The zero-order chi connectivity index (χ0) is 15.2. The molecule has 0 radical (unpaired) electrons. The van der Waals surface area contributed by atoms with Gasteiger partial charge in [0.2, 0.25) is 0 Å². The van der Waals surface area contributed by atoms with Crippen LogP contribution in [-0.4, -0.2) is 33.1 Å². The minimum Gasteiger partial charge on any atom is -0.480 e. The fourth-order valence-corrected chi connectivity index (χ4v) is 2.81. The third kappa shape index (κ3) is 4.21. The molecule has 2 amide bonds. The van der Waals surface area contributed by atoms with E-state index in [1.54, 1.807) is 19.3 Å². The van der Waals surface area contributed by atoms with Crippen molar-refractivity contribution in [3.05, 3.63) is 18.2 Å². The first kappa shape index (κ1) is 15.3. The molecule has 1 aromatic heterocycles. The number of H-pyrrole nitrogens is 1. The van der Waals surface area contributed by atoms with Crippen LogP contribution in [0.3, 0.4) is 0 Å². The lowest BCUT2D eigenvalue weighted by molar-refractivity contribution is -0.141. The van der Waals surface area contributed by atoms with Gasteiger partial charge in [0, 0.05) is 12.4 Å². The van der Waals surface area contributed by atoms with E-state index in [4.69, 9.17) is 0 Å². The van der Waals surface area contributed by atoms with E-state index in [2.05, 4.69) is 20.6 Å². The van der Waals surface area contributed by atoms with E-state index in [0.29, 0.717) is 5.82 Å². The maximum Gasteiger partial charge on any atom is 0.326 e.